The molecule has 2 aromatic carbocycles. The highest BCUT2D eigenvalue weighted by atomic mass is 32.1. The summed E-state index contributed by atoms with van der Waals surface area (Å²) in [6, 6.07) is 12.5. The molecule has 0 saturated heterocycles. The highest BCUT2D eigenvalue weighted by Crippen LogP contribution is 2.27. The van der Waals surface area contributed by atoms with Gasteiger partial charge in [0, 0.05) is 18.8 Å². The van der Waals surface area contributed by atoms with E-state index in [1.807, 2.05) is 18.2 Å². The molecule has 2 amide bonds. The molecule has 0 bridgehead atoms. The van der Waals surface area contributed by atoms with Crippen molar-refractivity contribution >= 4 is 40.9 Å². The SMILES string of the molecule is CNC(=O)Cc1ccc(NC(=S)NC(=O)/C=C/c2ccc(OC)c(OC)c2)cc1. The van der Waals surface area contributed by atoms with Crippen LogP contribution >= 0.6 is 12.2 Å². The zero-order valence-electron chi connectivity index (χ0n) is 16.4. The molecule has 3 N–H and O–H groups in total. The van der Waals surface area contributed by atoms with Crippen molar-refractivity contribution in [1.29, 1.82) is 0 Å². The van der Waals surface area contributed by atoms with E-state index in [9.17, 15) is 9.59 Å². The van der Waals surface area contributed by atoms with Gasteiger partial charge in [0.2, 0.25) is 11.8 Å². The maximum atomic E-state index is 12.1. The Morgan fingerprint density at radius 2 is 1.72 bits per heavy atom. The molecule has 0 heterocycles. The van der Waals surface area contributed by atoms with Gasteiger partial charge < -0.3 is 20.1 Å². The fourth-order valence-electron chi connectivity index (χ4n) is 2.42. The average molecular weight is 413 g/mol. The minimum atomic E-state index is -0.367. The number of methoxy groups -OCH3 is 2. The summed E-state index contributed by atoms with van der Waals surface area (Å²) in [6.45, 7) is 0. The molecule has 8 heteroatoms. The number of nitrogens with one attached hydrogen (secondary N) is 3. The fourth-order valence-corrected chi connectivity index (χ4v) is 2.64. The van der Waals surface area contributed by atoms with E-state index in [1.54, 1.807) is 51.6 Å². The number of hydrogen-bond donors (Lipinski definition) is 3. The van der Waals surface area contributed by atoms with Gasteiger partial charge >= 0.3 is 0 Å². The summed E-state index contributed by atoms with van der Waals surface area (Å²) in [5.74, 6) is 0.760. The summed E-state index contributed by atoms with van der Waals surface area (Å²) in [4.78, 5) is 23.5. The van der Waals surface area contributed by atoms with Gasteiger partial charge in [0.25, 0.3) is 0 Å². The summed E-state index contributed by atoms with van der Waals surface area (Å²) in [6.07, 6.45) is 3.33. The molecule has 0 radical (unpaired) electrons. The summed E-state index contributed by atoms with van der Waals surface area (Å²) < 4.78 is 10.4. The Kier molecular flexibility index (Phi) is 8.17. The van der Waals surface area contributed by atoms with Crippen LogP contribution in [0.15, 0.2) is 48.5 Å². The van der Waals surface area contributed by atoms with Gasteiger partial charge in [-0.25, -0.2) is 0 Å². The lowest BCUT2D eigenvalue weighted by atomic mass is 10.1. The molecule has 0 spiro atoms. The second kappa shape index (κ2) is 10.8. The number of thiocarbonyl (C=S) groups is 1. The molecule has 29 heavy (non-hydrogen) atoms. The number of anilines is 1. The number of carbonyl (C=O) groups is 2. The average Bonchev–Trinajstić information content (AvgIpc) is 2.73. The van der Waals surface area contributed by atoms with Crippen LogP contribution in [0.5, 0.6) is 11.5 Å². The standard InChI is InChI=1S/C21H23N3O4S/c1-22-20(26)13-15-4-8-16(9-5-15)23-21(29)24-19(25)11-7-14-6-10-17(27-2)18(12-14)28-3/h4-12H,13H2,1-3H3,(H,22,26)(H2,23,24,25,29)/b11-7+. The molecule has 7 nitrogen and oxygen atoms in total. The Morgan fingerprint density at radius 1 is 1.03 bits per heavy atom. The molecular weight excluding hydrogens is 390 g/mol. The Morgan fingerprint density at radius 3 is 2.34 bits per heavy atom. The van der Waals surface area contributed by atoms with Crippen LogP contribution in [-0.4, -0.2) is 38.2 Å². The minimum Gasteiger partial charge on any atom is -0.493 e. The largest absolute Gasteiger partial charge is 0.493 e. The third-order valence-corrected chi connectivity index (χ3v) is 4.13. The van der Waals surface area contributed by atoms with E-state index in [2.05, 4.69) is 16.0 Å². The van der Waals surface area contributed by atoms with Gasteiger partial charge in [-0.1, -0.05) is 18.2 Å². The number of hydrogen-bond acceptors (Lipinski definition) is 5. The van der Waals surface area contributed by atoms with Gasteiger partial charge in [0.05, 0.1) is 20.6 Å². The van der Waals surface area contributed by atoms with E-state index >= 15 is 0 Å². The van der Waals surface area contributed by atoms with Crippen molar-refractivity contribution in [3.8, 4) is 11.5 Å². The molecule has 0 aromatic heterocycles. The quantitative estimate of drug-likeness (QED) is 0.478. The van der Waals surface area contributed by atoms with Crippen LogP contribution < -0.4 is 25.4 Å². The molecule has 0 aliphatic heterocycles. The van der Waals surface area contributed by atoms with Crippen LogP contribution in [0.4, 0.5) is 5.69 Å². The molecule has 152 valence electrons. The second-order valence-electron chi connectivity index (χ2n) is 5.94. The van der Waals surface area contributed by atoms with Crippen LogP contribution in [0.1, 0.15) is 11.1 Å². The van der Waals surface area contributed by atoms with Gasteiger partial charge in [0.15, 0.2) is 16.6 Å². The molecule has 0 unspecified atom stereocenters. The lowest BCUT2D eigenvalue weighted by Crippen LogP contribution is -2.32. The summed E-state index contributed by atoms with van der Waals surface area (Å²) in [5, 5.41) is 8.26. The lowest BCUT2D eigenvalue weighted by molar-refractivity contribution is -0.120. The maximum Gasteiger partial charge on any atom is 0.250 e. The first kappa shape index (κ1) is 21.9. The van der Waals surface area contributed by atoms with Gasteiger partial charge in [0.1, 0.15) is 0 Å². The van der Waals surface area contributed by atoms with Crippen molar-refractivity contribution in [3.63, 3.8) is 0 Å². The number of amides is 2. The van der Waals surface area contributed by atoms with E-state index in [4.69, 9.17) is 21.7 Å². The van der Waals surface area contributed by atoms with Crippen LogP contribution in [-0.2, 0) is 16.0 Å². The van der Waals surface area contributed by atoms with Gasteiger partial charge in [-0.3, -0.25) is 14.9 Å². The van der Waals surface area contributed by atoms with E-state index in [0.29, 0.717) is 23.6 Å². The molecule has 0 aliphatic rings. The first-order valence-corrected chi connectivity index (χ1v) is 9.17. The van der Waals surface area contributed by atoms with Gasteiger partial charge in [-0.05, 0) is 53.7 Å². The normalized spacial score (nSPS) is 10.3. The highest BCUT2D eigenvalue weighted by Gasteiger charge is 2.05. The smallest absolute Gasteiger partial charge is 0.250 e. The van der Waals surface area contributed by atoms with Crippen LogP contribution in [0.3, 0.4) is 0 Å². The molecule has 0 atom stereocenters. The zero-order chi connectivity index (χ0) is 21.2. The summed E-state index contributed by atoms with van der Waals surface area (Å²) in [5.41, 5.74) is 2.37. The molecule has 2 aromatic rings. The molecular formula is C21H23N3O4S. The number of benzene rings is 2. The third kappa shape index (κ3) is 6.93. The molecule has 0 aliphatic carbocycles. The van der Waals surface area contributed by atoms with Crippen LogP contribution in [0, 0.1) is 0 Å². The van der Waals surface area contributed by atoms with Crippen LogP contribution in [0.2, 0.25) is 0 Å². The monoisotopic (exact) mass is 413 g/mol. The van der Waals surface area contributed by atoms with Crippen LogP contribution in [0.25, 0.3) is 6.08 Å². The van der Waals surface area contributed by atoms with Gasteiger partial charge in [-0.2, -0.15) is 0 Å². The van der Waals surface area contributed by atoms with Gasteiger partial charge in [-0.15, -0.1) is 0 Å². The van der Waals surface area contributed by atoms with Crippen molar-refractivity contribution in [2.45, 2.75) is 6.42 Å². The predicted octanol–water partition coefficient (Wildman–Crippen LogP) is 2.52. The maximum absolute atomic E-state index is 12.1. The fraction of sp³-hybridized carbons (Fsp3) is 0.190. The number of ether oxygens (including phenoxy) is 2. The van der Waals surface area contributed by atoms with Crippen molar-refractivity contribution in [1.82, 2.24) is 10.6 Å². The van der Waals surface area contributed by atoms with E-state index in [1.165, 1.54) is 6.08 Å². The first-order valence-electron chi connectivity index (χ1n) is 8.76. The van der Waals surface area contributed by atoms with E-state index in [-0.39, 0.29) is 16.9 Å². The van der Waals surface area contributed by atoms with Crippen molar-refractivity contribution in [3.05, 3.63) is 59.7 Å². The molecule has 0 saturated carbocycles. The lowest BCUT2D eigenvalue weighted by Gasteiger charge is -2.09. The number of likely N-dealkylation sites (N-methyl/N-ethyl adjacent to an activating group) is 1. The highest BCUT2D eigenvalue weighted by molar-refractivity contribution is 7.80. The Labute approximate surface area is 175 Å². The first-order chi connectivity index (χ1) is 13.9. The topological polar surface area (TPSA) is 88.7 Å². The Bertz CT molecular complexity index is 911. The van der Waals surface area contributed by atoms with Crippen molar-refractivity contribution < 1.29 is 19.1 Å². The van der Waals surface area contributed by atoms with Crippen molar-refractivity contribution in [2.24, 2.45) is 0 Å². The summed E-state index contributed by atoms with van der Waals surface area (Å²) in [7, 11) is 4.70. The van der Waals surface area contributed by atoms with E-state index in [0.717, 1.165) is 11.1 Å². The van der Waals surface area contributed by atoms with E-state index < -0.39 is 0 Å². The zero-order valence-corrected chi connectivity index (χ0v) is 17.3. The number of rotatable bonds is 7. The third-order valence-electron chi connectivity index (χ3n) is 3.93. The molecule has 0 fully saturated rings. The molecule has 2 rings (SSSR count). The predicted molar refractivity (Wildman–Crippen MR) is 117 cm³/mol. The second-order valence-corrected chi connectivity index (χ2v) is 6.35. The Hall–Kier alpha value is -3.39. The number of carbonyl (C=O) groups excluding carboxylic acids is 2. The van der Waals surface area contributed by atoms with Crippen molar-refractivity contribution in [2.75, 3.05) is 26.6 Å². The minimum absolute atomic E-state index is 0.0604. The summed E-state index contributed by atoms with van der Waals surface area (Å²) >= 11 is 5.16. The Balaban J connectivity index is 1.89.